The molecule has 0 atom stereocenters. The summed E-state index contributed by atoms with van der Waals surface area (Å²) in [5.74, 6) is 3.00. The summed E-state index contributed by atoms with van der Waals surface area (Å²) in [6, 6.07) is 18.1. The maximum atomic E-state index is 13.6. The first kappa shape index (κ1) is 13.1. The summed E-state index contributed by atoms with van der Waals surface area (Å²) < 4.78 is 15.6. The molecule has 0 fully saturated rings. The van der Waals surface area contributed by atoms with Gasteiger partial charge in [0, 0.05) is 42.2 Å². The zero-order chi connectivity index (χ0) is 14.9. The predicted molar refractivity (Wildman–Crippen MR) is 86.0 cm³/mol. The molecule has 0 saturated heterocycles. The molecule has 0 amide bonds. The van der Waals surface area contributed by atoms with E-state index in [-0.39, 0.29) is 5.82 Å². The van der Waals surface area contributed by atoms with Gasteiger partial charge in [-0.25, -0.2) is 4.39 Å². The molecule has 0 saturated carbocycles. The van der Waals surface area contributed by atoms with Gasteiger partial charge in [0.05, 0.1) is 5.52 Å². The van der Waals surface area contributed by atoms with E-state index in [1.807, 2.05) is 41.0 Å². The Morgan fingerprint density at radius 3 is 2.82 bits per heavy atom. The Morgan fingerprint density at radius 2 is 1.95 bits per heavy atom. The van der Waals surface area contributed by atoms with Crippen molar-refractivity contribution in [3.63, 3.8) is 0 Å². The summed E-state index contributed by atoms with van der Waals surface area (Å²) in [7, 11) is 0. The fraction of sp³-hybridized carbons (Fsp3) is 0.158. The quantitative estimate of drug-likeness (QED) is 0.629. The molecular formula is C19H15FN2. The number of hydrogen-bond donors (Lipinski definition) is 1. The van der Waals surface area contributed by atoms with Crippen LogP contribution in [0.15, 0.2) is 48.5 Å². The Morgan fingerprint density at radius 1 is 1.09 bits per heavy atom. The van der Waals surface area contributed by atoms with Gasteiger partial charge in [-0.15, -0.1) is 0 Å². The Bertz CT molecular complexity index is 898. The van der Waals surface area contributed by atoms with Crippen molar-refractivity contribution in [1.82, 2.24) is 9.88 Å². The molecular weight excluding hydrogens is 275 g/mol. The lowest BCUT2D eigenvalue weighted by Crippen LogP contribution is -2.24. The van der Waals surface area contributed by atoms with E-state index in [4.69, 9.17) is 0 Å². The van der Waals surface area contributed by atoms with Gasteiger partial charge in [0.2, 0.25) is 0 Å². The third kappa shape index (κ3) is 2.18. The minimum Gasteiger partial charge on any atom is -0.312 e. The Labute approximate surface area is 128 Å². The first-order valence-corrected chi connectivity index (χ1v) is 7.42. The first-order chi connectivity index (χ1) is 10.8. The van der Waals surface area contributed by atoms with Crippen LogP contribution in [0.2, 0.25) is 0 Å². The van der Waals surface area contributed by atoms with Gasteiger partial charge in [0.1, 0.15) is 5.82 Å². The van der Waals surface area contributed by atoms with Gasteiger partial charge in [0.25, 0.3) is 0 Å². The smallest absolute Gasteiger partial charge is 0.123 e. The van der Waals surface area contributed by atoms with Crippen molar-refractivity contribution in [3.8, 4) is 12.0 Å². The topological polar surface area (TPSA) is 17.0 Å². The van der Waals surface area contributed by atoms with Gasteiger partial charge in [-0.05, 0) is 41.8 Å². The zero-order valence-electron chi connectivity index (χ0n) is 12.1. The monoisotopic (exact) mass is 290 g/mol. The largest absolute Gasteiger partial charge is 0.312 e. The number of benzene rings is 2. The highest BCUT2D eigenvalue weighted by Crippen LogP contribution is 2.28. The van der Waals surface area contributed by atoms with Gasteiger partial charge in [-0.2, -0.15) is 0 Å². The van der Waals surface area contributed by atoms with Crippen LogP contribution in [0.4, 0.5) is 4.39 Å². The summed E-state index contributed by atoms with van der Waals surface area (Å²) in [6.45, 7) is 1.70. The third-order valence-corrected chi connectivity index (χ3v) is 4.07. The molecule has 2 aromatic carbocycles. The molecule has 108 valence electrons. The Kier molecular flexibility index (Phi) is 3.17. The molecule has 0 aliphatic carbocycles. The van der Waals surface area contributed by atoms with Gasteiger partial charge < -0.3 is 5.32 Å². The number of fused-ring (bicyclic) bond motifs is 3. The van der Waals surface area contributed by atoms with E-state index in [9.17, 15) is 4.39 Å². The van der Waals surface area contributed by atoms with Crippen molar-refractivity contribution < 1.29 is 4.39 Å². The van der Waals surface area contributed by atoms with E-state index < -0.39 is 0 Å². The van der Waals surface area contributed by atoms with Crippen molar-refractivity contribution >= 4 is 10.9 Å². The number of nitrogens with one attached hydrogen (secondary N) is 1. The molecule has 1 aliphatic rings. The van der Waals surface area contributed by atoms with E-state index in [1.165, 1.54) is 17.3 Å². The van der Waals surface area contributed by atoms with Gasteiger partial charge in [-0.1, -0.05) is 18.2 Å². The summed E-state index contributed by atoms with van der Waals surface area (Å²) >= 11 is 0. The van der Waals surface area contributed by atoms with Crippen LogP contribution >= 0.6 is 0 Å². The molecule has 2 heterocycles. The summed E-state index contributed by atoms with van der Waals surface area (Å²) in [5, 5.41) is 4.32. The number of aromatic nitrogens is 1. The second-order valence-electron chi connectivity index (χ2n) is 5.45. The van der Waals surface area contributed by atoms with Crippen molar-refractivity contribution in [2.24, 2.45) is 0 Å². The third-order valence-electron chi connectivity index (χ3n) is 4.07. The molecule has 4 rings (SSSR count). The molecule has 3 heteroatoms. The maximum absolute atomic E-state index is 13.6. The van der Waals surface area contributed by atoms with Crippen molar-refractivity contribution in [3.05, 3.63) is 71.2 Å². The number of nitrogens with zero attached hydrogens (tertiary/aromatic N) is 1. The molecule has 0 radical (unpaired) electrons. The lowest BCUT2D eigenvalue weighted by atomic mass is 10.1. The number of hydrogen-bond acceptors (Lipinski definition) is 1. The van der Waals surface area contributed by atoms with E-state index in [2.05, 4.69) is 17.3 Å². The van der Waals surface area contributed by atoms with Crippen molar-refractivity contribution in [2.75, 3.05) is 6.54 Å². The average molecular weight is 290 g/mol. The normalized spacial score (nSPS) is 13.5. The summed E-state index contributed by atoms with van der Waals surface area (Å²) in [4.78, 5) is 0. The fourth-order valence-electron chi connectivity index (χ4n) is 3.03. The molecule has 1 N–H and O–H groups in total. The lowest BCUT2D eigenvalue weighted by Gasteiger charge is -2.14. The molecule has 0 spiro atoms. The second-order valence-corrected chi connectivity index (χ2v) is 5.45. The molecule has 2 nitrogen and oxygen atoms in total. The van der Waals surface area contributed by atoms with Crippen molar-refractivity contribution in [2.45, 2.75) is 13.0 Å². The average Bonchev–Trinajstić information content (AvgIpc) is 2.87. The van der Waals surface area contributed by atoms with E-state index in [0.29, 0.717) is 0 Å². The van der Waals surface area contributed by atoms with Gasteiger partial charge >= 0.3 is 0 Å². The van der Waals surface area contributed by atoms with E-state index in [0.717, 1.165) is 36.0 Å². The number of rotatable bonds is 0. The van der Waals surface area contributed by atoms with Crippen molar-refractivity contribution in [1.29, 1.82) is 0 Å². The van der Waals surface area contributed by atoms with Crippen LogP contribution in [0.3, 0.4) is 0 Å². The fourth-order valence-corrected chi connectivity index (χ4v) is 3.03. The van der Waals surface area contributed by atoms with Gasteiger partial charge in [0.15, 0.2) is 0 Å². The molecule has 1 aromatic heterocycles. The van der Waals surface area contributed by atoms with E-state index >= 15 is 0 Å². The maximum Gasteiger partial charge on any atom is 0.123 e. The highest BCUT2D eigenvalue weighted by Gasteiger charge is 2.19. The summed E-state index contributed by atoms with van der Waals surface area (Å²) in [6.07, 6.45) is 0.912. The minimum absolute atomic E-state index is 0.200. The van der Waals surface area contributed by atoms with Gasteiger partial charge in [-0.3, -0.25) is 4.57 Å². The molecule has 1 aliphatic heterocycles. The van der Waals surface area contributed by atoms with Crippen LogP contribution < -0.4 is 5.32 Å². The molecule has 3 aromatic rings. The lowest BCUT2D eigenvalue weighted by molar-refractivity contribution is 0.627. The van der Waals surface area contributed by atoms with E-state index in [1.54, 1.807) is 6.07 Å². The summed E-state index contributed by atoms with van der Waals surface area (Å²) in [5.41, 5.74) is 4.33. The zero-order valence-corrected chi connectivity index (χ0v) is 12.1. The highest BCUT2D eigenvalue weighted by molar-refractivity contribution is 5.87. The Balaban J connectivity index is 1.92. The van der Waals surface area contributed by atoms with Crippen LogP contribution in [0.25, 0.3) is 10.9 Å². The van der Waals surface area contributed by atoms with Crippen LogP contribution in [-0.4, -0.2) is 11.1 Å². The second kappa shape index (κ2) is 5.32. The first-order valence-electron chi connectivity index (χ1n) is 7.42. The van der Waals surface area contributed by atoms with Crippen LogP contribution in [0.1, 0.15) is 16.8 Å². The SMILES string of the molecule is Fc1ccc2c(c1)c1c(n2C#Cc2ccccc2)CCNC1. The standard InChI is InChI=1S/C19H15FN2/c20-15-6-7-18-16(12-15)17-13-21-10-8-19(17)22(18)11-9-14-4-2-1-3-5-14/h1-7,12,21H,8,10,13H2. The van der Waals surface area contributed by atoms with Crippen LogP contribution in [0, 0.1) is 17.8 Å². The molecule has 0 unspecified atom stereocenters. The Hall–Kier alpha value is -2.57. The number of halogens is 1. The molecule has 22 heavy (non-hydrogen) atoms. The van der Waals surface area contributed by atoms with Crippen LogP contribution in [0.5, 0.6) is 0 Å². The minimum atomic E-state index is -0.200. The van der Waals surface area contributed by atoms with Crippen LogP contribution in [-0.2, 0) is 13.0 Å². The molecule has 0 bridgehead atoms. The highest BCUT2D eigenvalue weighted by atomic mass is 19.1. The predicted octanol–water partition coefficient (Wildman–Crippen LogP) is 3.28.